The van der Waals surface area contributed by atoms with Gasteiger partial charge in [0.1, 0.15) is 13.2 Å². The molecule has 0 aliphatic carbocycles. The summed E-state index contributed by atoms with van der Waals surface area (Å²) < 4.78 is 16.5. The summed E-state index contributed by atoms with van der Waals surface area (Å²) in [6, 6.07) is 0. The van der Waals surface area contributed by atoms with Crippen LogP contribution in [0.4, 0.5) is 0 Å². The fourth-order valence-corrected chi connectivity index (χ4v) is 5.36. The van der Waals surface area contributed by atoms with Gasteiger partial charge in [-0.25, -0.2) is 0 Å². The quantitative estimate of drug-likeness (QED) is 0.0410. The molecule has 2 atom stereocenters. The Balaban J connectivity index is 4.36. The van der Waals surface area contributed by atoms with Crippen LogP contribution >= 0.6 is 0 Å². The van der Waals surface area contributed by atoms with Gasteiger partial charge in [0.25, 0.3) is 0 Å². The lowest BCUT2D eigenvalue weighted by atomic mass is 10.00. The number of hydrogen-bond donors (Lipinski definition) is 0. The molecule has 0 N–H and O–H groups in total. The van der Waals surface area contributed by atoms with E-state index in [1.807, 2.05) is 0 Å². The van der Waals surface area contributed by atoms with Crippen molar-refractivity contribution in [2.24, 2.45) is 5.92 Å². The molecule has 1 unspecified atom stereocenters. The lowest BCUT2D eigenvalue weighted by molar-refractivity contribution is -0.167. The van der Waals surface area contributed by atoms with Crippen molar-refractivity contribution in [3.05, 3.63) is 0 Å². The van der Waals surface area contributed by atoms with E-state index in [1.165, 1.54) is 96.3 Å². The SMILES string of the molecule is CCCCCCCCCCCC(=O)OC[C@@H](COC(=O)CCCCCCCCC)OC(=O)CCCCCCCCC(C)CC. The number of unbranched alkanes of at least 4 members (excludes halogenated alkanes) is 19. The van der Waals surface area contributed by atoms with Crippen LogP contribution in [0.15, 0.2) is 0 Å². The Kier molecular flexibility index (Phi) is 31.6. The van der Waals surface area contributed by atoms with Crippen molar-refractivity contribution in [3.8, 4) is 0 Å². The molecule has 0 saturated carbocycles. The van der Waals surface area contributed by atoms with Crippen LogP contribution in [0, 0.1) is 5.92 Å². The summed E-state index contributed by atoms with van der Waals surface area (Å²) in [6.07, 6.45) is 28.1. The largest absolute Gasteiger partial charge is 0.462 e. The lowest BCUT2D eigenvalue weighted by Gasteiger charge is -2.18. The normalized spacial score (nSPS) is 12.5. The summed E-state index contributed by atoms with van der Waals surface area (Å²) in [5.74, 6) is -0.0675. The predicted molar refractivity (Wildman–Crippen MR) is 183 cm³/mol. The van der Waals surface area contributed by atoms with Gasteiger partial charge in [0, 0.05) is 19.3 Å². The third-order valence-corrected chi connectivity index (χ3v) is 8.65. The van der Waals surface area contributed by atoms with Crippen molar-refractivity contribution >= 4 is 17.9 Å². The summed E-state index contributed by atoms with van der Waals surface area (Å²) in [6.45, 7) is 8.87. The van der Waals surface area contributed by atoms with E-state index in [0.717, 1.165) is 63.7 Å². The summed E-state index contributed by atoms with van der Waals surface area (Å²) in [7, 11) is 0. The molecule has 0 aromatic rings. The Morgan fingerprint density at radius 1 is 0.455 bits per heavy atom. The lowest BCUT2D eigenvalue weighted by Crippen LogP contribution is -2.30. The minimum Gasteiger partial charge on any atom is -0.462 e. The molecular weight excluding hydrogens is 552 g/mol. The van der Waals surface area contributed by atoms with Gasteiger partial charge in [0.15, 0.2) is 6.10 Å². The van der Waals surface area contributed by atoms with E-state index >= 15 is 0 Å². The summed E-state index contributed by atoms with van der Waals surface area (Å²) in [5, 5.41) is 0. The van der Waals surface area contributed by atoms with Crippen LogP contribution in [-0.2, 0) is 28.6 Å². The second kappa shape index (κ2) is 32.8. The zero-order valence-corrected chi connectivity index (χ0v) is 29.6. The van der Waals surface area contributed by atoms with Crippen LogP contribution in [0.25, 0.3) is 0 Å². The zero-order valence-electron chi connectivity index (χ0n) is 29.6. The highest BCUT2D eigenvalue weighted by atomic mass is 16.6. The van der Waals surface area contributed by atoms with Crippen LogP contribution in [-0.4, -0.2) is 37.2 Å². The third kappa shape index (κ3) is 30.4. The topological polar surface area (TPSA) is 78.9 Å². The molecule has 44 heavy (non-hydrogen) atoms. The first kappa shape index (κ1) is 42.4. The van der Waals surface area contributed by atoms with Crippen LogP contribution in [0.5, 0.6) is 0 Å². The van der Waals surface area contributed by atoms with Gasteiger partial charge >= 0.3 is 17.9 Å². The monoisotopic (exact) mass is 625 g/mol. The Labute approximate surface area is 272 Å². The van der Waals surface area contributed by atoms with Gasteiger partial charge in [0.2, 0.25) is 0 Å². The summed E-state index contributed by atoms with van der Waals surface area (Å²) >= 11 is 0. The number of carbonyl (C=O) groups is 3. The molecular formula is C38H72O6. The van der Waals surface area contributed by atoms with Crippen LogP contribution in [0.3, 0.4) is 0 Å². The minimum absolute atomic E-state index is 0.0666. The second-order valence-corrected chi connectivity index (χ2v) is 13.1. The zero-order chi connectivity index (χ0) is 32.5. The Bertz CT molecular complexity index is 664. The van der Waals surface area contributed by atoms with Crippen molar-refractivity contribution in [2.45, 2.75) is 207 Å². The van der Waals surface area contributed by atoms with Gasteiger partial charge in [-0.2, -0.15) is 0 Å². The van der Waals surface area contributed by atoms with Gasteiger partial charge in [-0.3, -0.25) is 14.4 Å². The van der Waals surface area contributed by atoms with E-state index in [1.54, 1.807) is 0 Å². The van der Waals surface area contributed by atoms with E-state index in [-0.39, 0.29) is 31.1 Å². The summed E-state index contributed by atoms with van der Waals surface area (Å²) in [5.41, 5.74) is 0. The third-order valence-electron chi connectivity index (χ3n) is 8.65. The van der Waals surface area contributed by atoms with E-state index < -0.39 is 6.10 Å². The maximum absolute atomic E-state index is 12.6. The maximum Gasteiger partial charge on any atom is 0.306 e. The number of esters is 3. The average molecular weight is 625 g/mol. The molecule has 0 bridgehead atoms. The smallest absolute Gasteiger partial charge is 0.306 e. The van der Waals surface area contributed by atoms with Crippen molar-refractivity contribution in [1.29, 1.82) is 0 Å². The first-order chi connectivity index (χ1) is 21.4. The highest BCUT2D eigenvalue weighted by molar-refractivity contribution is 5.71. The van der Waals surface area contributed by atoms with Gasteiger partial charge < -0.3 is 14.2 Å². The molecule has 0 heterocycles. The molecule has 0 aliphatic rings. The minimum atomic E-state index is -0.756. The van der Waals surface area contributed by atoms with E-state index in [0.29, 0.717) is 19.3 Å². The molecule has 6 nitrogen and oxygen atoms in total. The fourth-order valence-electron chi connectivity index (χ4n) is 5.36. The number of ether oxygens (including phenoxy) is 3. The van der Waals surface area contributed by atoms with Crippen LogP contribution in [0.2, 0.25) is 0 Å². The molecule has 0 aromatic carbocycles. The van der Waals surface area contributed by atoms with E-state index in [4.69, 9.17) is 14.2 Å². The molecule has 0 spiro atoms. The highest BCUT2D eigenvalue weighted by Crippen LogP contribution is 2.15. The number of carbonyl (C=O) groups excluding carboxylic acids is 3. The van der Waals surface area contributed by atoms with Crippen molar-refractivity contribution < 1.29 is 28.6 Å². The van der Waals surface area contributed by atoms with Crippen LogP contribution < -0.4 is 0 Å². The number of hydrogen-bond acceptors (Lipinski definition) is 6. The van der Waals surface area contributed by atoms with Crippen molar-refractivity contribution in [2.75, 3.05) is 13.2 Å². The first-order valence-corrected chi connectivity index (χ1v) is 18.9. The van der Waals surface area contributed by atoms with Crippen molar-refractivity contribution in [3.63, 3.8) is 0 Å². The van der Waals surface area contributed by atoms with Crippen LogP contribution in [0.1, 0.15) is 201 Å². The standard InChI is InChI=1S/C38H72O6/c1-5-8-10-12-14-15-17-22-26-30-37(40)43-33-35(32-42-36(39)29-25-21-16-13-11-9-6-2)44-38(41)31-27-23-19-18-20-24-28-34(4)7-3/h34-35H,5-33H2,1-4H3/t34?,35-/m1/s1. The average Bonchev–Trinajstić information content (AvgIpc) is 3.02. The predicted octanol–water partition coefficient (Wildman–Crippen LogP) is 11.2. The fraction of sp³-hybridized carbons (Fsp3) is 0.921. The van der Waals surface area contributed by atoms with E-state index in [2.05, 4.69) is 27.7 Å². The Morgan fingerprint density at radius 2 is 0.795 bits per heavy atom. The Hall–Kier alpha value is -1.59. The molecule has 0 amide bonds. The van der Waals surface area contributed by atoms with E-state index in [9.17, 15) is 14.4 Å². The van der Waals surface area contributed by atoms with Gasteiger partial charge in [-0.1, -0.05) is 163 Å². The summed E-state index contributed by atoms with van der Waals surface area (Å²) in [4.78, 5) is 37.2. The molecule has 0 radical (unpaired) electrons. The highest BCUT2D eigenvalue weighted by Gasteiger charge is 2.19. The van der Waals surface area contributed by atoms with Gasteiger partial charge in [-0.15, -0.1) is 0 Å². The molecule has 0 saturated heterocycles. The number of rotatable bonds is 33. The maximum atomic E-state index is 12.6. The molecule has 6 heteroatoms. The molecule has 0 aliphatic heterocycles. The first-order valence-electron chi connectivity index (χ1n) is 18.9. The molecule has 0 aromatic heterocycles. The molecule has 0 rings (SSSR count). The molecule has 260 valence electrons. The Morgan fingerprint density at radius 3 is 1.18 bits per heavy atom. The molecule has 0 fully saturated rings. The van der Waals surface area contributed by atoms with Gasteiger partial charge in [-0.05, 0) is 25.2 Å². The second-order valence-electron chi connectivity index (χ2n) is 13.1. The van der Waals surface area contributed by atoms with Gasteiger partial charge in [0.05, 0.1) is 0 Å². The van der Waals surface area contributed by atoms with Crippen molar-refractivity contribution in [1.82, 2.24) is 0 Å².